The molecular formula is C25H25ClN2O3. The third kappa shape index (κ3) is 5.86. The third-order valence-corrected chi connectivity index (χ3v) is 5.12. The number of rotatable bonds is 6. The largest absolute Gasteiger partial charge is 0.481 e. The zero-order chi connectivity index (χ0) is 22.5. The molecule has 0 aliphatic heterocycles. The monoisotopic (exact) mass is 436 g/mol. The van der Waals surface area contributed by atoms with Gasteiger partial charge in [0.15, 0.2) is 6.10 Å². The summed E-state index contributed by atoms with van der Waals surface area (Å²) in [6.07, 6.45) is -0.728. The Labute approximate surface area is 187 Å². The summed E-state index contributed by atoms with van der Waals surface area (Å²) in [5.74, 6) is -0.00343. The van der Waals surface area contributed by atoms with Crippen LogP contribution in [0.25, 0.3) is 0 Å². The SMILES string of the molecule is Cc1ccc(NC(=O)c2ccc(OC(C)C(=O)Nc3cc(Cl)ccc3C)cc2)c(C)c1. The number of hydrogen-bond acceptors (Lipinski definition) is 3. The molecule has 3 aromatic carbocycles. The van der Waals surface area contributed by atoms with Gasteiger partial charge in [0, 0.05) is 22.0 Å². The first-order valence-electron chi connectivity index (χ1n) is 9.95. The Balaban J connectivity index is 1.61. The van der Waals surface area contributed by atoms with Gasteiger partial charge in [-0.25, -0.2) is 0 Å². The molecule has 0 bridgehead atoms. The van der Waals surface area contributed by atoms with Gasteiger partial charge in [0.1, 0.15) is 5.75 Å². The van der Waals surface area contributed by atoms with E-state index < -0.39 is 6.10 Å². The lowest BCUT2D eigenvalue weighted by atomic mass is 10.1. The van der Waals surface area contributed by atoms with Crippen LogP contribution >= 0.6 is 11.6 Å². The zero-order valence-electron chi connectivity index (χ0n) is 18.0. The van der Waals surface area contributed by atoms with E-state index in [2.05, 4.69) is 10.6 Å². The maximum atomic E-state index is 12.5. The average Bonchev–Trinajstić information content (AvgIpc) is 2.73. The number of aryl methyl sites for hydroxylation is 3. The topological polar surface area (TPSA) is 67.4 Å². The van der Waals surface area contributed by atoms with E-state index in [-0.39, 0.29) is 11.8 Å². The van der Waals surface area contributed by atoms with E-state index in [1.165, 1.54) is 0 Å². The van der Waals surface area contributed by atoms with Crippen molar-refractivity contribution >= 4 is 34.8 Å². The Morgan fingerprint density at radius 2 is 1.55 bits per heavy atom. The highest BCUT2D eigenvalue weighted by Gasteiger charge is 2.16. The number of halogens is 1. The van der Waals surface area contributed by atoms with Crippen LogP contribution in [0.2, 0.25) is 5.02 Å². The van der Waals surface area contributed by atoms with Crippen LogP contribution in [-0.4, -0.2) is 17.9 Å². The molecule has 31 heavy (non-hydrogen) atoms. The predicted octanol–water partition coefficient (Wildman–Crippen LogP) is 5.92. The first-order chi connectivity index (χ1) is 14.7. The molecule has 3 aromatic rings. The number of amides is 2. The van der Waals surface area contributed by atoms with Gasteiger partial charge in [0.25, 0.3) is 11.8 Å². The van der Waals surface area contributed by atoms with Crippen LogP contribution in [0.3, 0.4) is 0 Å². The quantitative estimate of drug-likeness (QED) is 0.503. The van der Waals surface area contributed by atoms with Crippen molar-refractivity contribution in [3.05, 3.63) is 87.9 Å². The van der Waals surface area contributed by atoms with Crippen molar-refractivity contribution in [3.8, 4) is 5.75 Å². The van der Waals surface area contributed by atoms with Gasteiger partial charge in [-0.3, -0.25) is 9.59 Å². The second-order valence-electron chi connectivity index (χ2n) is 7.51. The molecule has 1 unspecified atom stereocenters. The predicted molar refractivity (Wildman–Crippen MR) is 125 cm³/mol. The number of hydrogen-bond donors (Lipinski definition) is 2. The van der Waals surface area contributed by atoms with Crippen LogP contribution in [0, 0.1) is 20.8 Å². The van der Waals surface area contributed by atoms with Crippen molar-refractivity contribution in [2.24, 2.45) is 0 Å². The van der Waals surface area contributed by atoms with Crippen molar-refractivity contribution in [1.29, 1.82) is 0 Å². The highest BCUT2D eigenvalue weighted by molar-refractivity contribution is 6.31. The molecule has 0 heterocycles. The van der Waals surface area contributed by atoms with Crippen LogP contribution in [0.5, 0.6) is 5.75 Å². The van der Waals surface area contributed by atoms with Crippen LogP contribution in [-0.2, 0) is 4.79 Å². The molecule has 5 nitrogen and oxygen atoms in total. The van der Waals surface area contributed by atoms with E-state index in [1.54, 1.807) is 43.3 Å². The molecule has 0 spiro atoms. The summed E-state index contributed by atoms with van der Waals surface area (Å²) in [5.41, 5.74) is 4.97. The van der Waals surface area contributed by atoms with Crippen LogP contribution in [0.4, 0.5) is 11.4 Å². The number of carbonyl (C=O) groups excluding carboxylic acids is 2. The van der Waals surface area contributed by atoms with Gasteiger partial charge in [-0.1, -0.05) is 35.4 Å². The van der Waals surface area contributed by atoms with Crippen molar-refractivity contribution in [2.45, 2.75) is 33.8 Å². The first-order valence-corrected chi connectivity index (χ1v) is 10.3. The Bertz CT molecular complexity index is 1110. The second kappa shape index (κ2) is 9.67. The fraction of sp³-hybridized carbons (Fsp3) is 0.200. The summed E-state index contributed by atoms with van der Waals surface area (Å²) in [7, 11) is 0. The summed E-state index contributed by atoms with van der Waals surface area (Å²) in [6, 6.07) is 17.8. The molecular weight excluding hydrogens is 412 g/mol. The number of ether oxygens (including phenoxy) is 1. The van der Waals surface area contributed by atoms with E-state index in [0.29, 0.717) is 22.0 Å². The number of anilines is 2. The van der Waals surface area contributed by atoms with Gasteiger partial charge >= 0.3 is 0 Å². The maximum Gasteiger partial charge on any atom is 0.265 e. The Kier molecular flexibility index (Phi) is 6.98. The molecule has 0 fully saturated rings. The average molecular weight is 437 g/mol. The molecule has 0 saturated heterocycles. The van der Waals surface area contributed by atoms with Crippen LogP contribution < -0.4 is 15.4 Å². The number of benzene rings is 3. The van der Waals surface area contributed by atoms with E-state index in [4.69, 9.17) is 16.3 Å². The van der Waals surface area contributed by atoms with Gasteiger partial charge < -0.3 is 15.4 Å². The smallest absolute Gasteiger partial charge is 0.265 e. The molecule has 2 amide bonds. The molecule has 160 valence electrons. The molecule has 6 heteroatoms. The molecule has 0 saturated carbocycles. The molecule has 0 aliphatic rings. The lowest BCUT2D eigenvalue weighted by Gasteiger charge is -2.16. The summed E-state index contributed by atoms with van der Waals surface area (Å²) < 4.78 is 5.73. The summed E-state index contributed by atoms with van der Waals surface area (Å²) in [6.45, 7) is 7.51. The molecule has 0 aliphatic carbocycles. The minimum atomic E-state index is -0.728. The van der Waals surface area contributed by atoms with Crippen LogP contribution in [0.15, 0.2) is 60.7 Å². The summed E-state index contributed by atoms with van der Waals surface area (Å²) in [4.78, 5) is 25.0. The minimum Gasteiger partial charge on any atom is -0.481 e. The third-order valence-electron chi connectivity index (χ3n) is 4.89. The first kappa shape index (κ1) is 22.4. The summed E-state index contributed by atoms with van der Waals surface area (Å²) in [5, 5.41) is 6.28. The van der Waals surface area contributed by atoms with Gasteiger partial charge in [-0.05, 0) is 81.3 Å². The number of nitrogens with one attached hydrogen (secondary N) is 2. The van der Waals surface area contributed by atoms with E-state index in [0.717, 1.165) is 22.4 Å². The van der Waals surface area contributed by atoms with Crippen molar-refractivity contribution in [2.75, 3.05) is 10.6 Å². The lowest BCUT2D eigenvalue weighted by Crippen LogP contribution is -2.30. The highest BCUT2D eigenvalue weighted by Crippen LogP contribution is 2.22. The Morgan fingerprint density at radius 3 is 2.23 bits per heavy atom. The molecule has 0 radical (unpaired) electrons. The fourth-order valence-electron chi connectivity index (χ4n) is 3.05. The second-order valence-corrected chi connectivity index (χ2v) is 7.94. The molecule has 3 rings (SSSR count). The standard InChI is InChI=1S/C25H25ClN2O3/c1-15-5-12-22(17(3)13-15)27-25(30)19-7-10-21(11-8-19)31-18(4)24(29)28-23-14-20(26)9-6-16(23)2/h5-14,18H,1-4H3,(H,27,30)(H,28,29). The molecule has 0 aromatic heterocycles. The van der Waals surface area contributed by atoms with Crippen molar-refractivity contribution < 1.29 is 14.3 Å². The van der Waals surface area contributed by atoms with Gasteiger partial charge in [0.2, 0.25) is 0 Å². The number of carbonyl (C=O) groups is 2. The van der Waals surface area contributed by atoms with Gasteiger partial charge in [-0.15, -0.1) is 0 Å². The fourth-order valence-corrected chi connectivity index (χ4v) is 3.23. The minimum absolute atomic E-state index is 0.208. The lowest BCUT2D eigenvalue weighted by molar-refractivity contribution is -0.122. The molecule has 2 N–H and O–H groups in total. The van der Waals surface area contributed by atoms with Crippen LogP contribution in [0.1, 0.15) is 34.0 Å². The normalized spacial score (nSPS) is 11.5. The Hall–Kier alpha value is -3.31. The summed E-state index contributed by atoms with van der Waals surface area (Å²) >= 11 is 6.00. The maximum absolute atomic E-state index is 12.5. The zero-order valence-corrected chi connectivity index (χ0v) is 18.7. The Morgan fingerprint density at radius 1 is 0.839 bits per heavy atom. The van der Waals surface area contributed by atoms with E-state index in [1.807, 2.05) is 45.0 Å². The molecule has 1 atom stereocenters. The van der Waals surface area contributed by atoms with Gasteiger partial charge in [0.05, 0.1) is 0 Å². The van der Waals surface area contributed by atoms with E-state index in [9.17, 15) is 9.59 Å². The highest BCUT2D eigenvalue weighted by atomic mass is 35.5. The van der Waals surface area contributed by atoms with Crippen molar-refractivity contribution in [3.63, 3.8) is 0 Å². The van der Waals surface area contributed by atoms with Crippen molar-refractivity contribution in [1.82, 2.24) is 0 Å². The van der Waals surface area contributed by atoms with E-state index >= 15 is 0 Å². The van der Waals surface area contributed by atoms with Gasteiger partial charge in [-0.2, -0.15) is 0 Å².